The van der Waals surface area contributed by atoms with E-state index in [1.54, 1.807) is 14.1 Å². The molecule has 1 aliphatic carbocycles. The third-order valence-corrected chi connectivity index (χ3v) is 2.95. The third-order valence-electron chi connectivity index (χ3n) is 2.95. The minimum atomic E-state index is -1.19. The van der Waals surface area contributed by atoms with Crippen LogP contribution in [0.5, 0.6) is 0 Å². The Morgan fingerprint density at radius 3 is 2.29 bits per heavy atom. The van der Waals surface area contributed by atoms with Gasteiger partial charge >= 0.3 is 5.97 Å². The van der Waals surface area contributed by atoms with Crippen LogP contribution in [-0.4, -0.2) is 48.4 Å². The van der Waals surface area contributed by atoms with Crippen molar-refractivity contribution in [1.29, 1.82) is 0 Å². The number of rotatable bonds is 6. The normalized spacial score (nSPS) is 16.1. The summed E-state index contributed by atoms with van der Waals surface area (Å²) in [5.41, 5.74) is -1.19. The van der Waals surface area contributed by atoms with Crippen molar-refractivity contribution in [3.05, 3.63) is 0 Å². The molecule has 1 fully saturated rings. The van der Waals surface area contributed by atoms with Gasteiger partial charge in [0.25, 0.3) is 0 Å². The van der Waals surface area contributed by atoms with Gasteiger partial charge in [0.2, 0.25) is 11.8 Å². The van der Waals surface area contributed by atoms with Gasteiger partial charge in [-0.05, 0) is 19.3 Å². The first kappa shape index (κ1) is 13.5. The van der Waals surface area contributed by atoms with Gasteiger partial charge in [-0.3, -0.25) is 14.4 Å². The smallest absolute Gasteiger partial charge is 0.319 e. The van der Waals surface area contributed by atoms with Crippen LogP contribution in [0.2, 0.25) is 0 Å². The van der Waals surface area contributed by atoms with Crippen molar-refractivity contribution in [3.8, 4) is 0 Å². The van der Waals surface area contributed by atoms with E-state index in [1.165, 1.54) is 4.90 Å². The predicted molar refractivity (Wildman–Crippen MR) is 60.2 cm³/mol. The van der Waals surface area contributed by atoms with Crippen molar-refractivity contribution >= 4 is 17.8 Å². The maximum absolute atomic E-state index is 11.6. The molecule has 1 rings (SSSR count). The van der Waals surface area contributed by atoms with Gasteiger partial charge in [-0.2, -0.15) is 0 Å². The molecule has 2 N–H and O–H groups in total. The van der Waals surface area contributed by atoms with E-state index in [9.17, 15) is 14.4 Å². The van der Waals surface area contributed by atoms with Gasteiger partial charge in [0, 0.05) is 27.1 Å². The zero-order valence-corrected chi connectivity index (χ0v) is 10.2. The number of amides is 2. The van der Waals surface area contributed by atoms with E-state index < -0.39 is 17.3 Å². The number of nitrogens with zero attached hydrogens (tertiary/aromatic N) is 1. The second-order valence-corrected chi connectivity index (χ2v) is 4.53. The second-order valence-electron chi connectivity index (χ2n) is 4.53. The van der Waals surface area contributed by atoms with Crippen LogP contribution >= 0.6 is 0 Å². The molecule has 0 heterocycles. The van der Waals surface area contributed by atoms with Crippen molar-refractivity contribution in [2.24, 2.45) is 5.41 Å². The molecule has 6 nitrogen and oxygen atoms in total. The largest absolute Gasteiger partial charge is 0.480 e. The number of carbonyl (C=O) groups excluding carboxylic acids is 2. The van der Waals surface area contributed by atoms with Gasteiger partial charge in [-0.1, -0.05) is 0 Å². The summed E-state index contributed by atoms with van der Waals surface area (Å²) in [6.07, 6.45) is 1.70. The summed E-state index contributed by atoms with van der Waals surface area (Å²) < 4.78 is 0. The van der Waals surface area contributed by atoms with Crippen LogP contribution in [-0.2, 0) is 14.4 Å². The molecular weight excluding hydrogens is 224 g/mol. The molecule has 0 aliphatic heterocycles. The molecule has 0 aromatic rings. The number of carbonyl (C=O) groups is 3. The number of carboxylic acid groups (broad SMARTS) is 1. The van der Waals surface area contributed by atoms with E-state index in [-0.39, 0.29) is 5.91 Å². The molecule has 0 atom stereocenters. The third kappa shape index (κ3) is 3.18. The van der Waals surface area contributed by atoms with Gasteiger partial charge in [0.05, 0.1) is 0 Å². The molecule has 0 saturated heterocycles. The Morgan fingerprint density at radius 1 is 1.29 bits per heavy atom. The van der Waals surface area contributed by atoms with Crippen LogP contribution in [0.3, 0.4) is 0 Å². The summed E-state index contributed by atoms with van der Waals surface area (Å²) in [5.74, 6) is -1.49. The molecule has 0 spiro atoms. The van der Waals surface area contributed by atoms with Crippen LogP contribution in [0.15, 0.2) is 0 Å². The molecular formula is C11H18N2O4. The van der Waals surface area contributed by atoms with Gasteiger partial charge in [-0.15, -0.1) is 0 Å². The zero-order chi connectivity index (χ0) is 13.1. The fourth-order valence-corrected chi connectivity index (χ4v) is 1.50. The molecule has 0 bridgehead atoms. The highest BCUT2D eigenvalue weighted by molar-refractivity contribution is 6.04. The lowest BCUT2D eigenvalue weighted by atomic mass is 10.1. The summed E-state index contributed by atoms with van der Waals surface area (Å²) >= 11 is 0. The summed E-state index contributed by atoms with van der Waals surface area (Å²) in [5, 5.41) is 11.4. The number of nitrogens with one attached hydrogen (secondary N) is 1. The lowest BCUT2D eigenvalue weighted by molar-refractivity contribution is -0.149. The molecule has 6 heteroatoms. The molecule has 0 unspecified atom stereocenters. The van der Waals surface area contributed by atoms with Crippen LogP contribution in [0.1, 0.15) is 25.7 Å². The van der Waals surface area contributed by atoms with Crippen molar-refractivity contribution in [2.45, 2.75) is 25.7 Å². The van der Waals surface area contributed by atoms with Crippen LogP contribution in [0.25, 0.3) is 0 Å². The molecule has 0 radical (unpaired) electrons. The Kier molecular flexibility index (Phi) is 4.09. The molecule has 2 amide bonds. The van der Waals surface area contributed by atoms with E-state index >= 15 is 0 Å². The van der Waals surface area contributed by atoms with Crippen molar-refractivity contribution in [1.82, 2.24) is 10.2 Å². The summed E-state index contributed by atoms with van der Waals surface area (Å²) in [6.45, 7) is 0.341. The Hall–Kier alpha value is -1.59. The topological polar surface area (TPSA) is 86.7 Å². The lowest BCUT2D eigenvalue weighted by Gasteiger charge is -2.12. The van der Waals surface area contributed by atoms with E-state index in [0.717, 1.165) is 0 Å². The number of hydrogen-bond donors (Lipinski definition) is 2. The highest BCUT2D eigenvalue weighted by Gasteiger charge is 2.56. The lowest BCUT2D eigenvalue weighted by Crippen LogP contribution is -2.37. The van der Waals surface area contributed by atoms with E-state index in [4.69, 9.17) is 5.11 Å². The number of carboxylic acids is 1. The Morgan fingerprint density at radius 2 is 1.88 bits per heavy atom. The van der Waals surface area contributed by atoms with Crippen molar-refractivity contribution in [2.75, 3.05) is 20.6 Å². The Labute approximate surface area is 100.0 Å². The number of aliphatic carboxylic acids is 1. The second kappa shape index (κ2) is 5.16. The monoisotopic (exact) mass is 242 g/mol. The van der Waals surface area contributed by atoms with Crippen LogP contribution in [0, 0.1) is 5.41 Å². The maximum Gasteiger partial charge on any atom is 0.319 e. The first-order valence-corrected chi connectivity index (χ1v) is 5.62. The minimum absolute atomic E-state index is 0.00128. The first-order valence-electron chi connectivity index (χ1n) is 5.62. The van der Waals surface area contributed by atoms with Gasteiger partial charge in [0.15, 0.2) is 0 Å². The fourth-order valence-electron chi connectivity index (χ4n) is 1.50. The summed E-state index contributed by atoms with van der Waals surface area (Å²) in [4.78, 5) is 35.1. The highest BCUT2D eigenvalue weighted by Crippen LogP contribution is 2.45. The first-order chi connectivity index (χ1) is 7.90. The van der Waals surface area contributed by atoms with Crippen LogP contribution in [0.4, 0.5) is 0 Å². The fraction of sp³-hybridized carbons (Fsp3) is 0.727. The highest BCUT2D eigenvalue weighted by atomic mass is 16.4. The average molecular weight is 242 g/mol. The molecule has 1 aliphatic rings. The Bertz CT molecular complexity index is 334. The van der Waals surface area contributed by atoms with Gasteiger partial charge in [0.1, 0.15) is 5.41 Å². The molecule has 17 heavy (non-hydrogen) atoms. The standard InChI is InChI=1S/C11H18N2O4/c1-13(2)8(14)4-3-7-12-9(15)11(5-6-11)10(16)17/h3-7H2,1-2H3,(H,12,15)(H,16,17). The molecule has 0 aromatic heterocycles. The van der Waals surface area contributed by atoms with Crippen molar-refractivity contribution in [3.63, 3.8) is 0 Å². The number of hydrogen-bond acceptors (Lipinski definition) is 3. The van der Waals surface area contributed by atoms with Crippen molar-refractivity contribution < 1.29 is 19.5 Å². The van der Waals surface area contributed by atoms with Gasteiger partial charge < -0.3 is 15.3 Å². The maximum atomic E-state index is 11.6. The van der Waals surface area contributed by atoms with E-state index in [1.807, 2.05) is 0 Å². The van der Waals surface area contributed by atoms with E-state index in [0.29, 0.717) is 32.2 Å². The van der Waals surface area contributed by atoms with Crippen LogP contribution < -0.4 is 5.32 Å². The summed E-state index contributed by atoms with van der Waals surface area (Å²) in [7, 11) is 3.34. The molecule has 0 aromatic carbocycles. The zero-order valence-electron chi connectivity index (χ0n) is 10.2. The predicted octanol–water partition coefficient (Wildman–Crippen LogP) is -0.164. The molecule has 96 valence electrons. The Balaban J connectivity index is 2.22. The SMILES string of the molecule is CN(C)C(=O)CCCNC(=O)C1(C(=O)O)CC1. The summed E-state index contributed by atoms with van der Waals surface area (Å²) in [6, 6.07) is 0. The minimum Gasteiger partial charge on any atom is -0.480 e. The quantitative estimate of drug-likeness (QED) is 0.500. The van der Waals surface area contributed by atoms with Gasteiger partial charge in [-0.25, -0.2) is 0 Å². The van der Waals surface area contributed by atoms with E-state index in [2.05, 4.69) is 5.32 Å². The molecule has 1 saturated carbocycles. The average Bonchev–Trinajstić information content (AvgIpc) is 3.04.